The van der Waals surface area contributed by atoms with Gasteiger partial charge >= 0.3 is 0 Å². The monoisotopic (exact) mass is 340 g/mol. The molecule has 1 aromatic rings. The Morgan fingerprint density at radius 3 is 2.35 bits per heavy atom. The van der Waals surface area contributed by atoms with Gasteiger partial charge in [0.05, 0.1) is 11.6 Å². The van der Waals surface area contributed by atoms with Crippen LogP contribution in [-0.4, -0.2) is 25.3 Å². The normalized spacial score (nSPS) is 25.6. The molecule has 0 N–H and O–H groups in total. The van der Waals surface area contributed by atoms with Crippen LogP contribution in [0.2, 0.25) is 0 Å². The maximum atomic E-state index is 14.2. The molecule has 0 aromatic heterocycles. The highest BCUT2D eigenvalue weighted by atomic mass is 32.2. The molecule has 1 saturated heterocycles. The third-order valence-electron chi connectivity index (χ3n) is 4.89. The first-order valence-corrected chi connectivity index (χ1v) is 9.30. The van der Waals surface area contributed by atoms with Crippen LogP contribution < -0.4 is 0 Å². The van der Waals surface area contributed by atoms with E-state index < -0.39 is 26.6 Å². The van der Waals surface area contributed by atoms with Crippen molar-refractivity contribution in [2.24, 2.45) is 5.92 Å². The van der Waals surface area contributed by atoms with Crippen LogP contribution in [0.25, 0.3) is 0 Å². The van der Waals surface area contributed by atoms with Crippen molar-refractivity contribution in [2.75, 3.05) is 6.54 Å². The van der Waals surface area contributed by atoms with E-state index in [0.29, 0.717) is 13.0 Å². The minimum Gasteiger partial charge on any atom is -0.207 e. The summed E-state index contributed by atoms with van der Waals surface area (Å²) >= 11 is 0. The Morgan fingerprint density at radius 2 is 1.70 bits per heavy atom. The number of piperidine rings is 1. The Morgan fingerprint density at radius 1 is 1.09 bits per heavy atom. The Hall–Kier alpha value is -1.52. The topological polar surface area (TPSA) is 61.2 Å². The summed E-state index contributed by atoms with van der Waals surface area (Å²) < 4.78 is 55.3. The van der Waals surface area contributed by atoms with Crippen molar-refractivity contribution in [3.63, 3.8) is 0 Å². The molecular formula is C16H18F2N2O2S. The summed E-state index contributed by atoms with van der Waals surface area (Å²) in [5.41, 5.74) is -0.229. The first-order chi connectivity index (χ1) is 10.9. The van der Waals surface area contributed by atoms with Gasteiger partial charge in [-0.3, -0.25) is 0 Å². The Kier molecular flexibility index (Phi) is 4.39. The van der Waals surface area contributed by atoms with Crippen molar-refractivity contribution >= 4 is 10.0 Å². The summed E-state index contributed by atoms with van der Waals surface area (Å²) in [4.78, 5) is -0.928. The molecule has 0 radical (unpaired) electrons. The van der Waals surface area contributed by atoms with Crippen LogP contribution in [0.5, 0.6) is 0 Å². The molecule has 1 aliphatic carbocycles. The van der Waals surface area contributed by atoms with E-state index in [2.05, 4.69) is 0 Å². The van der Waals surface area contributed by atoms with Crippen LogP contribution in [0, 0.1) is 28.9 Å². The average molecular weight is 340 g/mol. The fraction of sp³-hybridized carbons (Fsp3) is 0.562. The number of rotatable bonds is 2. The number of hydrogen-bond acceptors (Lipinski definition) is 3. The van der Waals surface area contributed by atoms with Gasteiger partial charge in [0.15, 0.2) is 4.90 Å². The zero-order chi connectivity index (χ0) is 16.6. The molecule has 7 heteroatoms. The Labute approximate surface area is 134 Å². The van der Waals surface area contributed by atoms with Crippen molar-refractivity contribution in [1.29, 1.82) is 5.26 Å². The van der Waals surface area contributed by atoms with Crippen molar-refractivity contribution in [2.45, 2.75) is 49.5 Å². The molecule has 1 heterocycles. The summed E-state index contributed by atoms with van der Waals surface area (Å²) in [6.45, 7) is 0.294. The first-order valence-electron chi connectivity index (χ1n) is 7.86. The molecule has 23 heavy (non-hydrogen) atoms. The standard InChI is InChI=1S/C16H18F2N2O2S/c17-13-8-11(10-19)9-14(18)16(13)23(21,22)20-7-3-5-12-4-1-2-6-15(12)20/h8-9,12,15H,1-7H2/t12-,15-/m0/s1. The molecule has 1 aliphatic heterocycles. The minimum absolute atomic E-state index is 0.169. The van der Waals surface area contributed by atoms with Crippen LogP contribution in [-0.2, 0) is 10.0 Å². The zero-order valence-corrected chi connectivity index (χ0v) is 13.5. The third-order valence-corrected chi connectivity index (χ3v) is 6.86. The minimum atomic E-state index is -4.24. The second kappa shape index (κ2) is 6.17. The summed E-state index contributed by atoms with van der Waals surface area (Å²) in [5, 5.41) is 8.74. The van der Waals surface area contributed by atoms with E-state index in [9.17, 15) is 17.2 Å². The molecule has 124 valence electrons. The smallest absolute Gasteiger partial charge is 0.207 e. The van der Waals surface area contributed by atoms with Gasteiger partial charge in [0, 0.05) is 12.6 Å². The fourth-order valence-corrected chi connectivity index (χ4v) is 5.71. The van der Waals surface area contributed by atoms with E-state index >= 15 is 0 Å². The number of fused-ring (bicyclic) bond motifs is 1. The predicted octanol–water partition coefficient (Wildman–Crippen LogP) is 3.18. The lowest BCUT2D eigenvalue weighted by Crippen LogP contribution is -2.49. The molecule has 0 amide bonds. The van der Waals surface area contributed by atoms with Gasteiger partial charge < -0.3 is 0 Å². The van der Waals surface area contributed by atoms with Crippen LogP contribution in [0.4, 0.5) is 8.78 Å². The number of benzene rings is 1. The summed E-state index contributed by atoms with van der Waals surface area (Å²) in [6, 6.07) is 3.01. The highest BCUT2D eigenvalue weighted by Crippen LogP contribution is 2.38. The molecule has 4 nitrogen and oxygen atoms in total. The fourth-order valence-electron chi connectivity index (χ4n) is 3.87. The van der Waals surface area contributed by atoms with Gasteiger partial charge in [-0.15, -0.1) is 0 Å². The van der Waals surface area contributed by atoms with Gasteiger partial charge in [0.2, 0.25) is 10.0 Å². The van der Waals surface area contributed by atoms with Gasteiger partial charge in [0.1, 0.15) is 11.6 Å². The molecule has 3 rings (SSSR count). The lowest BCUT2D eigenvalue weighted by molar-refractivity contribution is 0.128. The number of nitriles is 1. The molecule has 1 aromatic carbocycles. The van der Waals surface area contributed by atoms with Crippen LogP contribution in [0.1, 0.15) is 44.1 Å². The molecule has 2 fully saturated rings. The SMILES string of the molecule is N#Cc1cc(F)c(S(=O)(=O)N2CCC[C@@H]3CCCC[C@@H]32)c(F)c1. The molecule has 0 bridgehead atoms. The summed E-state index contributed by atoms with van der Waals surface area (Å²) in [5.74, 6) is -2.12. The first kappa shape index (κ1) is 16.3. The van der Waals surface area contributed by atoms with Gasteiger partial charge in [-0.2, -0.15) is 9.57 Å². The van der Waals surface area contributed by atoms with Crippen molar-refractivity contribution in [3.8, 4) is 6.07 Å². The van der Waals surface area contributed by atoms with Crippen LogP contribution in [0.3, 0.4) is 0 Å². The lowest BCUT2D eigenvalue weighted by Gasteiger charge is -2.43. The van der Waals surface area contributed by atoms with E-state index in [1.54, 1.807) is 6.07 Å². The van der Waals surface area contributed by atoms with E-state index in [0.717, 1.165) is 44.2 Å². The largest absolute Gasteiger partial charge is 0.249 e. The maximum Gasteiger partial charge on any atom is 0.249 e. The van der Waals surface area contributed by atoms with Crippen LogP contribution >= 0.6 is 0 Å². The highest BCUT2D eigenvalue weighted by Gasteiger charge is 2.42. The van der Waals surface area contributed by atoms with E-state index in [4.69, 9.17) is 5.26 Å². The lowest BCUT2D eigenvalue weighted by atomic mass is 9.79. The van der Waals surface area contributed by atoms with Crippen molar-refractivity contribution < 1.29 is 17.2 Å². The highest BCUT2D eigenvalue weighted by molar-refractivity contribution is 7.89. The van der Waals surface area contributed by atoms with Crippen molar-refractivity contribution in [3.05, 3.63) is 29.3 Å². The van der Waals surface area contributed by atoms with Gasteiger partial charge in [-0.05, 0) is 43.7 Å². The molecular weight excluding hydrogens is 322 g/mol. The third kappa shape index (κ3) is 2.86. The summed E-state index contributed by atoms with van der Waals surface area (Å²) in [6.07, 6.45) is 5.40. The molecule has 2 aliphatic rings. The van der Waals surface area contributed by atoms with Gasteiger partial charge in [-0.25, -0.2) is 17.2 Å². The molecule has 2 atom stereocenters. The van der Waals surface area contributed by atoms with Gasteiger partial charge in [-0.1, -0.05) is 12.8 Å². The zero-order valence-electron chi connectivity index (χ0n) is 12.6. The quantitative estimate of drug-likeness (QED) is 0.831. The number of hydrogen-bond donors (Lipinski definition) is 0. The van der Waals surface area contributed by atoms with Gasteiger partial charge in [0.25, 0.3) is 0 Å². The number of halogens is 2. The number of nitrogens with zero attached hydrogens (tertiary/aromatic N) is 2. The van der Waals surface area contributed by atoms with E-state index in [1.165, 1.54) is 4.31 Å². The average Bonchev–Trinajstić information content (AvgIpc) is 2.53. The molecule has 1 saturated carbocycles. The Bertz CT molecular complexity index is 733. The maximum absolute atomic E-state index is 14.2. The molecule has 0 unspecified atom stereocenters. The van der Waals surface area contributed by atoms with Crippen LogP contribution in [0.15, 0.2) is 17.0 Å². The Balaban J connectivity index is 2.03. The second-order valence-corrected chi connectivity index (χ2v) is 8.08. The van der Waals surface area contributed by atoms with E-state index in [1.807, 2.05) is 0 Å². The predicted molar refractivity (Wildman–Crippen MR) is 79.9 cm³/mol. The van der Waals surface area contributed by atoms with E-state index in [-0.39, 0.29) is 17.5 Å². The molecule has 0 spiro atoms. The summed E-state index contributed by atoms with van der Waals surface area (Å²) in [7, 11) is -4.24. The second-order valence-electron chi connectivity index (χ2n) is 6.25. The number of sulfonamides is 1. The van der Waals surface area contributed by atoms with Crippen molar-refractivity contribution in [1.82, 2.24) is 4.31 Å².